The number of oxime groups is 1. The van der Waals surface area contributed by atoms with Crippen LogP contribution in [-0.2, 0) is 4.84 Å². The average molecular weight is 170 g/mol. The van der Waals surface area contributed by atoms with Crippen molar-refractivity contribution in [2.45, 2.75) is 38.6 Å². The van der Waals surface area contributed by atoms with Gasteiger partial charge in [0.2, 0.25) is 0 Å². The highest BCUT2D eigenvalue weighted by atomic mass is 16.6. The minimum Gasteiger partial charge on any atom is -0.399 e. The fraction of sp³-hybridized carbons (Fsp3) is 0.889. The largest absolute Gasteiger partial charge is 0.399 e. The molecule has 0 amide bonds. The molecule has 0 aromatic carbocycles. The first kappa shape index (κ1) is 9.52. The summed E-state index contributed by atoms with van der Waals surface area (Å²) >= 11 is 0. The molecule has 1 saturated carbocycles. The second kappa shape index (κ2) is 4.45. The van der Waals surface area contributed by atoms with Crippen LogP contribution in [0.15, 0.2) is 5.16 Å². The van der Waals surface area contributed by atoms with Crippen LogP contribution < -0.4 is 5.73 Å². The van der Waals surface area contributed by atoms with Gasteiger partial charge in [-0.3, -0.25) is 0 Å². The normalized spacial score (nSPS) is 33.8. The standard InChI is InChI=1S/C9H18N2O/c1-3-7-6-8(11-12-2)4-5-9(7)10/h7,9H,3-6,10H2,1-2H3/b11-8+. The quantitative estimate of drug-likeness (QED) is 0.639. The van der Waals surface area contributed by atoms with E-state index < -0.39 is 0 Å². The molecule has 3 nitrogen and oxygen atoms in total. The Morgan fingerprint density at radius 3 is 3.00 bits per heavy atom. The van der Waals surface area contributed by atoms with Crippen molar-refractivity contribution in [3.63, 3.8) is 0 Å². The number of hydrogen-bond donors (Lipinski definition) is 1. The average Bonchev–Trinajstić information content (AvgIpc) is 2.09. The SMILES string of the molecule is CCC1C/C(=N/OC)CCC1N. The fourth-order valence-corrected chi connectivity index (χ4v) is 1.78. The Kier molecular flexibility index (Phi) is 3.53. The van der Waals surface area contributed by atoms with Crippen LogP contribution >= 0.6 is 0 Å². The van der Waals surface area contributed by atoms with Gasteiger partial charge >= 0.3 is 0 Å². The highest BCUT2D eigenvalue weighted by Gasteiger charge is 2.24. The maximum Gasteiger partial charge on any atom is 0.106 e. The van der Waals surface area contributed by atoms with Crippen molar-refractivity contribution in [3.8, 4) is 0 Å². The van der Waals surface area contributed by atoms with Gasteiger partial charge in [0, 0.05) is 6.04 Å². The van der Waals surface area contributed by atoms with E-state index in [4.69, 9.17) is 10.6 Å². The third-order valence-corrected chi connectivity index (χ3v) is 2.61. The van der Waals surface area contributed by atoms with E-state index in [2.05, 4.69) is 12.1 Å². The van der Waals surface area contributed by atoms with Crippen LogP contribution in [0.25, 0.3) is 0 Å². The van der Waals surface area contributed by atoms with Crippen LogP contribution in [0.1, 0.15) is 32.6 Å². The van der Waals surface area contributed by atoms with Crippen LogP contribution in [0.3, 0.4) is 0 Å². The second-order valence-corrected chi connectivity index (χ2v) is 3.42. The number of nitrogens with zero attached hydrogens (tertiary/aromatic N) is 1. The first-order chi connectivity index (χ1) is 5.77. The molecule has 0 spiro atoms. The summed E-state index contributed by atoms with van der Waals surface area (Å²) in [7, 11) is 1.60. The Labute approximate surface area is 74.0 Å². The molecule has 0 heterocycles. The molecule has 0 saturated heterocycles. The summed E-state index contributed by atoms with van der Waals surface area (Å²) in [5.41, 5.74) is 7.12. The van der Waals surface area contributed by atoms with E-state index in [9.17, 15) is 0 Å². The van der Waals surface area contributed by atoms with Gasteiger partial charge in [0.1, 0.15) is 7.11 Å². The predicted molar refractivity (Wildman–Crippen MR) is 50.1 cm³/mol. The summed E-state index contributed by atoms with van der Waals surface area (Å²) in [6.45, 7) is 2.18. The summed E-state index contributed by atoms with van der Waals surface area (Å²) in [5, 5.41) is 3.98. The first-order valence-corrected chi connectivity index (χ1v) is 4.62. The Morgan fingerprint density at radius 1 is 1.67 bits per heavy atom. The molecular formula is C9H18N2O. The van der Waals surface area contributed by atoms with Crippen molar-refractivity contribution < 1.29 is 4.84 Å². The fourth-order valence-electron chi connectivity index (χ4n) is 1.78. The molecule has 1 aliphatic carbocycles. The van der Waals surface area contributed by atoms with E-state index in [1.807, 2.05) is 0 Å². The van der Waals surface area contributed by atoms with E-state index in [0.29, 0.717) is 12.0 Å². The third-order valence-electron chi connectivity index (χ3n) is 2.61. The molecule has 70 valence electrons. The van der Waals surface area contributed by atoms with Gasteiger partial charge in [-0.05, 0) is 25.2 Å². The maximum absolute atomic E-state index is 5.95. The molecule has 0 radical (unpaired) electrons. The lowest BCUT2D eigenvalue weighted by atomic mass is 9.82. The lowest BCUT2D eigenvalue weighted by Gasteiger charge is -2.28. The second-order valence-electron chi connectivity index (χ2n) is 3.42. The minimum atomic E-state index is 0.366. The summed E-state index contributed by atoms with van der Waals surface area (Å²) in [6.07, 6.45) is 4.22. The van der Waals surface area contributed by atoms with Crippen LogP contribution in [0.4, 0.5) is 0 Å². The van der Waals surface area contributed by atoms with Gasteiger partial charge in [0.25, 0.3) is 0 Å². The molecule has 1 aliphatic rings. The number of hydrogen-bond acceptors (Lipinski definition) is 3. The van der Waals surface area contributed by atoms with Crippen LogP contribution in [0, 0.1) is 5.92 Å². The topological polar surface area (TPSA) is 47.6 Å². The van der Waals surface area contributed by atoms with Gasteiger partial charge in [-0.1, -0.05) is 18.5 Å². The Balaban J connectivity index is 2.49. The molecule has 0 aromatic rings. The van der Waals surface area contributed by atoms with E-state index in [1.54, 1.807) is 7.11 Å². The van der Waals surface area contributed by atoms with Crippen molar-refractivity contribution >= 4 is 5.71 Å². The van der Waals surface area contributed by atoms with Crippen LogP contribution in [-0.4, -0.2) is 18.9 Å². The van der Waals surface area contributed by atoms with Gasteiger partial charge in [-0.15, -0.1) is 0 Å². The van der Waals surface area contributed by atoms with Gasteiger partial charge < -0.3 is 10.6 Å². The van der Waals surface area contributed by atoms with Crippen LogP contribution in [0.2, 0.25) is 0 Å². The van der Waals surface area contributed by atoms with E-state index in [0.717, 1.165) is 25.7 Å². The van der Waals surface area contributed by atoms with Crippen molar-refractivity contribution in [1.29, 1.82) is 0 Å². The molecule has 0 bridgehead atoms. The molecule has 1 rings (SSSR count). The van der Waals surface area contributed by atoms with Gasteiger partial charge in [0.15, 0.2) is 0 Å². The minimum absolute atomic E-state index is 0.366. The summed E-state index contributed by atoms with van der Waals surface area (Å²) in [4.78, 5) is 4.76. The monoisotopic (exact) mass is 170 g/mol. The zero-order valence-electron chi connectivity index (χ0n) is 7.92. The van der Waals surface area contributed by atoms with Crippen molar-refractivity contribution in [1.82, 2.24) is 0 Å². The molecular weight excluding hydrogens is 152 g/mol. The molecule has 2 atom stereocenters. The van der Waals surface area contributed by atoms with Gasteiger partial charge in [0.05, 0.1) is 5.71 Å². The summed E-state index contributed by atoms with van der Waals surface area (Å²) in [6, 6.07) is 0.366. The molecule has 1 fully saturated rings. The zero-order valence-corrected chi connectivity index (χ0v) is 7.92. The molecule has 3 heteroatoms. The Hall–Kier alpha value is -0.570. The van der Waals surface area contributed by atoms with Crippen LogP contribution in [0.5, 0.6) is 0 Å². The molecule has 2 N–H and O–H groups in total. The summed E-state index contributed by atoms with van der Waals surface area (Å²) < 4.78 is 0. The highest BCUT2D eigenvalue weighted by molar-refractivity contribution is 5.85. The Bertz CT molecular complexity index is 168. The Morgan fingerprint density at radius 2 is 2.42 bits per heavy atom. The zero-order chi connectivity index (χ0) is 8.97. The lowest BCUT2D eigenvalue weighted by molar-refractivity contribution is 0.208. The van der Waals surface area contributed by atoms with E-state index in [1.165, 1.54) is 5.71 Å². The highest BCUT2D eigenvalue weighted by Crippen LogP contribution is 2.23. The van der Waals surface area contributed by atoms with Crippen molar-refractivity contribution in [2.24, 2.45) is 16.8 Å². The number of nitrogens with two attached hydrogens (primary N) is 1. The first-order valence-electron chi connectivity index (χ1n) is 4.62. The lowest BCUT2D eigenvalue weighted by Crippen LogP contribution is -2.36. The van der Waals surface area contributed by atoms with Gasteiger partial charge in [-0.25, -0.2) is 0 Å². The molecule has 12 heavy (non-hydrogen) atoms. The van der Waals surface area contributed by atoms with E-state index >= 15 is 0 Å². The predicted octanol–water partition coefficient (Wildman–Crippen LogP) is 1.53. The maximum atomic E-state index is 5.95. The number of rotatable bonds is 2. The van der Waals surface area contributed by atoms with Crippen molar-refractivity contribution in [2.75, 3.05) is 7.11 Å². The van der Waals surface area contributed by atoms with Gasteiger partial charge in [-0.2, -0.15) is 0 Å². The molecule has 0 aliphatic heterocycles. The smallest absolute Gasteiger partial charge is 0.106 e. The third kappa shape index (κ3) is 2.21. The molecule has 0 aromatic heterocycles. The summed E-state index contributed by atoms with van der Waals surface area (Å²) in [5.74, 6) is 0.604. The molecule has 2 unspecified atom stereocenters. The van der Waals surface area contributed by atoms with E-state index in [-0.39, 0.29) is 0 Å². The van der Waals surface area contributed by atoms with Crippen molar-refractivity contribution in [3.05, 3.63) is 0 Å².